The molecule has 0 amide bonds. The van der Waals surface area contributed by atoms with Crippen molar-refractivity contribution in [2.45, 2.75) is 19.8 Å². The summed E-state index contributed by atoms with van der Waals surface area (Å²) in [7, 11) is 0. The highest BCUT2D eigenvalue weighted by Gasteiger charge is 2.15. The van der Waals surface area contributed by atoms with Crippen molar-refractivity contribution in [2.75, 3.05) is 19.8 Å². The number of hydrogen-bond donors (Lipinski definition) is 2. The number of hydrazine groups is 1. The summed E-state index contributed by atoms with van der Waals surface area (Å²) in [4.78, 5) is 4.49. The van der Waals surface area contributed by atoms with Crippen molar-refractivity contribution in [3.05, 3.63) is 29.2 Å². The Morgan fingerprint density at radius 1 is 1.19 bits per heavy atom. The molecule has 2 aliphatic rings. The lowest BCUT2D eigenvalue weighted by atomic mass is 10.1. The minimum atomic E-state index is 0.601. The molecule has 6 heteroatoms. The summed E-state index contributed by atoms with van der Waals surface area (Å²) in [6, 6.07) is 5.96. The SMILES string of the molecule is CCCCN=C1NNC(c2ccc3c(c2)OCCO3)=CS1. The first kappa shape index (κ1) is 14.1. The molecule has 3 rings (SSSR count). The average molecular weight is 305 g/mol. The molecule has 0 fully saturated rings. The molecule has 1 aromatic rings. The lowest BCUT2D eigenvalue weighted by Gasteiger charge is -2.22. The van der Waals surface area contributed by atoms with Crippen LogP contribution in [0.5, 0.6) is 11.5 Å². The number of ether oxygens (including phenoxy) is 2. The first-order valence-electron chi connectivity index (χ1n) is 7.20. The van der Waals surface area contributed by atoms with Crippen molar-refractivity contribution < 1.29 is 9.47 Å². The summed E-state index contributed by atoms with van der Waals surface area (Å²) < 4.78 is 11.1. The second-order valence-corrected chi connectivity index (χ2v) is 5.66. The van der Waals surface area contributed by atoms with Gasteiger partial charge in [0.1, 0.15) is 13.2 Å². The lowest BCUT2D eigenvalue weighted by Crippen LogP contribution is -2.37. The van der Waals surface area contributed by atoms with Crippen molar-refractivity contribution in [2.24, 2.45) is 4.99 Å². The highest BCUT2D eigenvalue weighted by Crippen LogP contribution is 2.33. The van der Waals surface area contributed by atoms with Crippen molar-refractivity contribution in [1.29, 1.82) is 0 Å². The van der Waals surface area contributed by atoms with Gasteiger partial charge in [-0.3, -0.25) is 15.8 Å². The predicted octanol–water partition coefficient (Wildman–Crippen LogP) is 2.75. The van der Waals surface area contributed by atoms with Crippen molar-refractivity contribution in [1.82, 2.24) is 10.9 Å². The molecule has 0 bridgehead atoms. The molecular formula is C15H19N3O2S. The average Bonchev–Trinajstić information content (AvgIpc) is 2.55. The van der Waals surface area contributed by atoms with Gasteiger partial charge in [0.25, 0.3) is 0 Å². The number of nitrogens with one attached hydrogen (secondary N) is 2. The number of thioether (sulfide) groups is 1. The standard InChI is InChI=1S/C15H19N3O2S/c1-2-3-6-16-15-18-17-12(10-21-15)11-4-5-13-14(9-11)20-8-7-19-13/h4-5,9-10,17H,2-3,6-8H2,1H3,(H,16,18). The van der Waals surface area contributed by atoms with Gasteiger partial charge in [0.15, 0.2) is 16.7 Å². The molecule has 0 saturated heterocycles. The van der Waals surface area contributed by atoms with E-state index in [4.69, 9.17) is 9.47 Å². The molecule has 0 aromatic heterocycles. The molecule has 2 aliphatic heterocycles. The van der Waals surface area contributed by atoms with Crippen LogP contribution in [-0.2, 0) is 0 Å². The quantitative estimate of drug-likeness (QED) is 0.838. The van der Waals surface area contributed by atoms with Crippen LogP contribution < -0.4 is 20.3 Å². The first-order valence-corrected chi connectivity index (χ1v) is 8.08. The Labute approximate surface area is 128 Å². The van der Waals surface area contributed by atoms with E-state index in [0.717, 1.165) is 47.3 Å². The summed E-state index contributed by atoms with van der Waals surface area (Å²) in [6.07, 6.45) is 2.28. The van der Waals surface area contributed by atoms with Crippen LogP contribution in [0.1, 0.15) is 25.3 Å². The summed E-state index contributed by atoms with van der Waals surface area (Å²) in [6.45, 7) is 4.24. The number of benzene rings is 1. The zero-order valence-electron chi connectivity index (χ0n) is 12.0. The third-order valence-corrected chi connectivity index (χ3v) is 4.02. The maximum Gasteiger partial charge on any atom is 0.179 e. The minimum absolute atomic E-state index is 0.601. The van der Waals surface area contributed by atoms with Crippen LogP contribution in [0.2, 0.25) is 0 Å². The second-order valence-electron chi connectivity index (χ2n) is 4.80. The number of amidine groups is 1. The molecule has 0 atom stereocenters. The maximum atomic E-state index is 5.61. The Morgan fingerprint density at radius 3 is 2.81 bits per heavy atom. The van der Waals surface area contributed by atoms with Crippen LogP contribution in [0.4, 0.5) is 0 Å². The normalized spacial score (nSPS) is 18.7. The molecule has 2 heterocycles. The van der Waals surface area contributed by atoms with Gasteiger partial charge in [-0.05, 0) is 24.6 Å². The zero-order chi connectivity index (χ0) is 14.5. The van der Waals surface area contributed by atoms with Gasteiger partial charge in [-0.25, -0.2) is 0 Å². The Bertz CT molecular complexity index is 572. The van der Waals surface area contributed by atoms with E-state index in [0.29, 0.717) is 13.2 Å². The zero-order valence-corrected chi connectivity index (χ0v) is 12.8. The summed E-state index contributed by atoms with van der Waals surface area (Å²) in [5.74, 6) is 1.61. The van der Waals surface area contributed by atoms with Gasteiger partial charge in [-0.15, -0.1) is 0 Å². The molecule has 0 radical (unpaired) electrons. The number of hydrogen-bond acceptors (Lipinski definition) is 5. The summed E-state index contributed by atoms with van der Waals surface area (Å²) >= 11 is 1.60. The minimum Gasteiger partial charge on any atom is -0.486 e. The van der Waals surface area contributed by atoms with Crippen molar-refractivity contribution in [3.63, 3.8) is 0 Å². The highest BCUT2D eigenvalue weighted by atomic mass is 32.2. The summed E-state index contributed by atoms with van der Waals surface area (Å²) in [5, 5.41) is 2.97. The van der Waals surface area contributed by atoms with Crippen LogP contribution in [-0.4, -0.2) is 24.9 Å². The maximum absolute atomic E-state index is 5.61. The predicted molar refractivity (Wildman–Crippen MR) is 86.5 cm³/mol. The molecule has 112 valence electrons. The van der Waals surface area contributed by atoms with Gasteiger partial charge in [0.2, 0.25) is 0 Å². The van der Waals surface area contributed by atoms with E-state index >= 15 is 0 Å². The number of rotatable bonds is 4. The molecule has 5 nitrogen and oxygen atoms in total. The number of unbranched alkanes of at least 4 members (excludes halogenated alkanes) is 1. The van der Waals surface area contributed by atoms with E-state index in [2.05, 4.69) is 28.2 Å². The third-order valence-electron chi connectivity index (χ3n) is 3.21. The molecule has 2 N–H and O–H groups in total. The Hall–Kier alpha value is -1.82. The van der Waals surface area contributed by atoms with Crippen LogP contribution >= 0.6 is 11.8 Å². The van der Waals surface area contributed by atoms with Gasteiger partial charge >= 0.3 is 0 Å². The fourth-order valence-corrected chi connectivity index (χ4v) is 2.76. The largest absolute Gasteiger partial charge is 0.486 e. The second kappa shape index (κ2) is 6.76. The van der Waals surface area contributed by atoms with Gasteiger partial charge in [-0.1, -0.05) is 25.1 Å². The first-order chi connectivity index (χ1) is 10.4. The van der Waals surface area contributed by atoms with Crippen LogP contribution in [0.25, 0.3) is 5.70 Å². The van der Waals surface area contributed by atoms with Crippen LogP contribution in [0, 0.1) is 0 Å². The fourth-order valence-electron chi connectivity index (χ4n) is 2.06. The number of fused-ring (bicyclic) bond motifs is 1. The third kappa shape index (κ3) is 3.44. The smallest absolute Gasteiger partial charge is 0.179 e. The van der Waals surface area contributed by atoms with E-state index in [9.17, 15) is 0 Å². The number of nitrogens with zero attached hydrogens (tertiary/aromatic N) is 1. The molecule has 21 heavy (non-hydrogen) atoms. The molecular weight excluding hydrogens is 286 g/mol. The van der Waals surface area contributed by atoms with Crippen molar-refractivity contribution >= 4 is 22.6 Å². The van der Waals surface area contributed by atoms with E-state index in [1.54, 1.807) is 11.8 Å². The van der Waals surface area contributed by atoms with Gasteiger partial charge in [0, 0.05) is 17.5 Å². The molecule has 0 spiro atoms. The monoisotopic (exact) mass is 305 g/mol. The van der Waals surface area contributed by atoms with E-state index in [-0.39, 0.29) is 0 Å². The molecule has 0 unspecified atom stereocenters. The topological polar surface area (TPSA) is 54.9 Å². The Kier molecular flexibility index (Phi) is 4.55. The van der Waals surface area contributed by atoms with E-state index in [1.165, 1.54) is 0 Å². The fraction of sp³-hybridized carbons (Fsp3) is 0.400. The van der Waals surface area contributed by atoms with Gasteiger partial charge in [-0.2, -0.15) is 0 Å². The molecule has 0 aliphatic carbocycles. The Balaban J connectivity index is 1.69. The van der Waals surface area contributed by atoms with Gasteiger partial charge in [0.05, 0.1) is 5.70 Å². The molecule has 0 saturated carbocycles. The van der Waals surface area contributed by atoms with E-state index in [1.807, 2.05) is 18.2 Å². The Morgan fingerprint density at radius 2 is 2.05 bits per heavy atom. The summed E-state index contributed by atoms with van der Waals surface area (Å²) in [5.41, 5.74) is 8.38. The lowest BCUT2D eigenvalue weighted by molar-refractivity contribution is 0.171. The van der Waals surface area contributed by atoms with Crippen LogP contribution in [0.3, 0.4) is 0 Å². The highest BCUT2D eigenvalue weighted by molar-refractivity contribution is 8.16. The van der Waals surface area contributed by atoms with E-state index < -0.39 is 0 Å². The number of aliphatic imine (C=N–C) groups is 1. The van der Waals surface area contributed by atoms with Crippen molar-refractivity contribution in [3.8, 4) is 11.5 Å². The van der Waals surface area contributed by atoms with Crippen LogP contribution in [0.15, 0.2) is 28.6 Å². The molecule has 1 aromatic carbocycles. The van der Waals surface area contributed by atoms with Gasteiger partial charge < -0.3 is 9.47 Å².